The molecule has 3 heteroatoms. The third-order valence-electron chi connectivity index (χ3n) is 3.76. The molecule has 3 rings (SSSR count). The minimum atomic E-state index is 0.564. The zero-order valence-corrected chi connectivity index (χ0v) is 11.9. The van der Waals surface area contributed by atoms with E-state index in [0.717, 1.165) is 28.8 Å². The highest BCUT2D eigenvalue weighted by Gasteiger charge is 2.08. The predicted molar refractivity (Wildman–Crippen MR) is 82.6 cm³/mol. The minimum absolute atomic E-state index is 0.564. The molecule has 0 unspecified atom stereocenters. The van der Waals surface area contributed by atoms with Gasteiger partial charge in [0.05, 0.1) is 11.0 Å². The molecule has 0 atom stereocenters. The van der Waals surface area contributed by atoms with Crippen LogP contribution in [0.4, 0.5) is 0 Å². The number of fused-ring (bicyclic) bond motifs is 1. The summed E-state index contributed by atoms with van der Waals surface area (Å²) in [6, 6.07) is 14.8. The van der Waals surface area contributed by atoms with E-state index in [0.29, 0.717) is 6.54 Å². The topological polar surface area (TPSA) is 43.8 Å². The van der Waals surface area contributed by atoms with E-state index in [4.69, 9.17) is 10.7 Å². The number of aryl methyl sites for hydroxylation is 2. The lowest BCUT2D eigenvalue weighted by molar-refractivity contribution is 0.844. The Morgan fingerprint density at radius 3 is 2.45 bits per heavy atom. The highest BCUT2D eigenvalue weighted by atomic mass is 15.1. The average molecular weight is 265 g/mol. The van der Waals surface area contributed by atoms with Crippen molar-refractivity contribution in [1.29, 1.82) is 0 Å². The molecular weight excluding hydrogens is 246 g/mol. The molecule has 0 saturated carbocycles. The van der Waals surface area contributed by atoms with Gasteiger partial charge in [-0.05, 0) is 30.2 Å². The van der Waals surface area contributed by atoms with E-state index in [1.807, 2.05) is 6.07 Å². The van der Waals surface area contributed by atoms with Crippen LogP contribution in [0.1, 0.15) is 22.5 Å². The molecule has 20 heavy (non-hydrogen) atoms. The van der Waals surface area contributed by atoms with Gasteiger partial charge in [0.15, 0.2) is 0 Å². The van der Waals surface area contributed by atoms with Crippen LogP contribution in [0.2, 0.25) is 0 Å². The SMILES string of the molecule is Cc1ccc(Cc2nc3ccc(CN)cc3n2C)cc1. The summed E-state index contributed by atoms with van der Waals surface area (Å²) in [6.07, 6.45) is 0.851. The van der Waals surface area contributed by atoms with Crippen LogP contribution in [0.5, 0.6) is 0 Å². The van der Waals surface area contributed by atoms with Crippen molar-refractivity contribution in [3.63, 3.8) is 0 Å². The van der Waals surface area contributed by atoms with Crippen molar-refractivity contribution in [2.75, 3.05) is 0 Å². The number of nitrogens with zero attached hydrogens (tertiary/aromatic N) is 2. The first kappa shape index (κ1) is 12.9. The van der Waals surface area contributed by atoms with Gasteiger partial charge in [0.1, 0.15) is 5.82 Å². The molecule has 2 aromatic carbocycles. The Bertz CT molecular complexity index is 739. The maximum absolute atomic E-state index is 5.71. The van der Waals surface area contributed by atoms with Gasteiger partial charge in [0.2, 0.25) is 0 Å². The molecule has 0 aliphatic rings. The number of benzene rings is 2. The first-order valence-corrected chi connectivity index (χ1v) is 6.87. The third-order valence-corrected chi connectivity index (χ3v) is 3.76. The van der Waals surface area contributed by atoms with Crippen LogP contribution in [-0.2, 0) is 20.0 Å². The van der Waals surface area contributed by atoms with Crippen LogP contribution in [0.3, 0.4) is 0 Å². The van der Waals surface area contributed by atoms with E-state index < -0.39 is 0 Å². The number of rotatable bonds is 3. The second-order valence-corrected chi connectivity index (χ2v) is 5.28. The molecule has 2 N–H and O–H groups in total. The Balaban J connectivity index is 1.99. The first-order chi connectivity index (χ1) is 9.67. The predicted octanol–water partition coefficient (Wildman–Crippen LogP) is 2.93. The molecule has 0 aliphatic carbocycles. The van der Waals surface area contributed by atoms with Crippen LogP contribution >= 0.6 is 0 Å². The van der Waals surface area contributed by atoms with Crippen LogP contribution < -0.4 is 5.73 Å². The fraction of sp³-hybridized carbons (Fsp3) is 0.235. The molecule has 0 bridgehead atoms. The zero-order chi connectivity index (χ0) is 14.1. The lowest BCUT2D eigenvalue weighted by Gasteiger charge is -2.04. The smallest absolute Gasteiger partial charge is 0.114 e. The molecule has 3 nitrogen and oxygen atoms in total. The molecule has 1 aromatic heterocycles. The number of hydrogen-bond donors (Lipinski definition) is 1. The molecular formula is C17H19N3. The van der Waals surface area contributed by atoms with Crippen LogP contribution in [-0.4, -0.2) is 9.55 Å². The molecule has 0 saturated heterocycles. The highest BCUT2D eigenvalue weighted by molar-refractivity contribution is 5.77. The van der Waals surface area contributed by atoms with Crippen molar-refractivity contribution in [2.24, 2.45) is 12.8 Å². The summed E-state index contributed by atoms with van der Waals surface area (Å²) in [5.74, 6) is 1.08. The summed E-state index contributed by atoms with van der Waals surface area (Å²) in [4.78, 5) is 4.73. The fourth-order valence-corrected chi connectivity index (χ4v) is 2.46. The second-order valence-electron chi connectivity index (χ2n) is 5.28. The minimum Gasteiger partial charge on any atom is -0.331 e. The summed E-state index contributed by atoms with van der Waals surface area (Å²) in [5.41, 5.74) is 11.6. The van der Waals surface area contributed by atoms with E-state index >= 15 is 0 Å². The standard InChI is InChI=1S/C17H19N3/c1-12-3-5-13(6-4-12)10-17-19-15-8-7-14(11-18)9-16(15)20(17)2/h3-9H,10-11,18H2,1-2H3. The normalized spacial score (nSPS) is 11.2. The van der Waals surface area contributed by atoms with Crippen LogP contribution in [0.25, 0.3) is 11.0 Å². The van der Waals surface area contributed by atoms with Gasteiger partial charge in [-0.15, -0.1) is 0 Å². The number of aromatic nitrogens is 2. The molecule has 0 fully saturated rings. The van der Waals surface area contributed by atoms with Crippen LogP contribution in [0, 0.1) is 6.92 Å². The average Bonchev–Trinajstić information content (AvgIpc) is 2.77. The number of hydrogen-bond acceptors (Lipinski definition) is 2. The van der Waals surface area contributed by atoms with Gasteiger partial charge in [-0.1, -0.05) is 35.9 Å². The Hall–Kier alpha value is -2.13. The summed E-state index contributed by atoms with van der Waals surface area (Å²) in [6.45, 7) is 2.67. The van der Waals surface area contributed by atoms with E-state index in [1.165, 1.54) is 11.1 Å². The maximum Gasteiger partial charge on any atom is 0.114 e. The van der Waals surface area contributed by atoms with Gasteiger partial charge in [-0.3, -0.25) is 0 Å². The van der Waals surface area contributed by atoms with Crippen molar-refractivity contribution in [3.05, 3.63) is 65.0 Å². The Morgan fingerprint density at radius 2 is 1.75 bits per heavy atom. The van der Waals surface area contributed by atoms with E-state index in [-0.39, 0.29) is 0 Å². The molecule has 0 spiro atoms. The van der Waals surface area contributed by atoms with Gasteiger partial charge in [-0.25, -0.2) is 4.98 Å². The monoisotopic (exact) mass is 265 g/mol. The summed E-state index contributed by atoms with van der Waals surface area (Å²) >= 11 is 0. The van der Waals surface area contributed by atoms with Crippen molar-refractivity contribution in [1.82, 2.24) is 9.55 Å². The van der Waals surface area contributed by atoms with E-state index in [9.17, 15) is 0 Å². The Morgan fingerprint density at radius 1 is 1.05 bits per heavy atom. The van der Waals surface area contributed by atoms with Gasteiger partial charge in [-0.2, -0.15) is 0 Å². The fourth-order valence-electron chi connectivity index (χ4n) is 2.46. The van der Waals surface area contributed by atoms with Crippen molar-refractivity contribution >= 4 is 11.0 Å². The molecule has 102 valence electrons. The highest BCUT2D eigenvalue weighted by Crippen LogP contribution is 2.19. The Labute approximate surface area is 119 Å². The summed E-state index contributed by atoms with van der Waals surface area (Å²) in [5, 5.41) is 0. The molecule has 1 heterocycles. The van der Waals surface area contributed by atoms with E-state index in [1.54, 1.807) is 0 Å². The van der Waals surface area contributed by atoms with Crippen molar-refractivity contribution < 1.29 is 0 Å². The Kier molecular flexibility index (Phi) is 3.28. The largest absolute Gasteiger partial charge is 0.331 e. The summed E-state index contributed by atoms with van der Waals surface area (Å²) < 4.78 is 2.16. The quantitative estimate of drug-likeness (QED) is 0.791. The number of imidazole rings is 1. The molecule has 0 radical (unpaired) electrons. The molecule has 0 aliphatic heterocycles. The van der Waals surface area contributed by atoms with Gasteiger partial charge in [0.25, 0.3) is 0 Å². The van der Waals surface area contributed by atoms with Crippen LogP contribution in [0.15, 0.2) is 42.5 Å². The molecule has 0 amide bonds. The second kappa shape index (κ2) is 5.10. The van der Waals surface area contributed by atoms with Crippen molar-refractivity contribution in [3.8, 4) is 0 Å². The van der Waals surface area contributed by atoms with Gasteiger partial charge < -0.3 is 10.3 Å². The lowest BCUT2D eigenvalue weighted by atomic mass is 10.1. The number of nitrogens with two attached hydrogens (primary N) is 1. The van der Waals surface area contributed by atoms with Crippen molar-refractivity contribution in [2.45, 2.75) is 19.9 Å². The molecule has 3 aromatic rings. The van der Waals surface area contributed by atoms with Gasteiger partial charge >= 0.3 is 0 Å². The summed E-state index contributed by atoms with van der Waals surface area (Å²) in [7, 11) is 2.07. The maximum atomic E-state index is 5.71. The van der Waals surface area contributed by atoms with Gasteiger partial charge in [0, 0.05) is 20.0 Å². The van der Waals surface area contributed by atoms with E-state index in [2.05, 4.69) is 54.9 Å². The first-order valence-electron chi connectivity index (χ1n) is 6.87. The zero-order valence-electron chi connectivity index (χ0n) is 11.9. The third kappa shape index (κ3) is 2.32. The lowest BCUT2D eigenvalue weighted by Crippen LogP contribution is -2.00.